The van der Waals surface area contributed by atoms with Gasteiger partial charge < -0.3 is 4.90 Å². The zero-order valence-electron chi connectivity index (χ0n) is 13.3. The van der Waals surface area contributed by atoms with Crippen molar-refractivity contribution >= 4 is 29.1 Å². The molecule has 1 aromatic carbocycles. The number of allylic oxidation sites excluding steroid dienone is 2. The molecule has 0 spiro atoms. The van der Waals surface area contributed by atoms with E-state index in [4.69, 9.17) is 23.2 Å². The Kier molecular flexibility index (Phi) is 4.57. The lowest BCUT2D eigenvalue weighted by molar-refractivity contribution is -0.146. The molecule has 1 saturated heterocycles. The third-order valence-corrected chi connectivity index (χ3v) is 5.63. The lowest BCUT2D eigenvalue weighted by Crippen LogP contribution is -2.68. The highest BCUT2D eigenvalue weighted by Gasteiger charge is 2.60. The van der Waals surface area contributed by atoms with Crippen LogP contribution in [0.4, 0.5) is 0 Å². The zero-order valence-corrected chi connectivity index (χ0v) is 14.8. The average molecular weight is 350 g/mol. The van der Waals surface area contributed by atoms with Crippen molar-refractivity contribution < 1.29 is 4.79 Å². The number of rotatable bonds is 4. The number of likely N-dealkylation sites (tertiary alicyclic amines) is 1. The largest absolute Gasteiger partial charge is 0.325 e. The van der Waals surface area contributed by atoms with E-state index in [0.29, 0.717) is 12.5 Å². The standard InChI is InChI=1S/C19H21Cl2NO/c1-13(2)15-8-10-16(11-9-15)17-19(20,21)18(23)22(17)12-14-6-4-3-5-7-14/h3-7,10,15,17H,1,8-9,11-12H2,2H3. The molecular weight excluding hydrogens is 329 g/mol. The minimum Gasteiger partial charge on any atom is -0.325 e. The summed E-state index contributed by atoms with van der Waals surface area (Å²) in [4.78, 5) is 14.1. The molecule has 1 amide bonds. The van der Waals surface area contributed by atoms with Gasteiger partial charge in [0.1, 0.15) is 0 Å². The van der Waals surface area contributed by atoms with Gasteiger partial charge in [-0.1, -0.05) is 71.8 Å². The van der Waals surface area contributed by atoms with Crippen LogP contribution in [0.25, 0.3) is 0 Å². The Morgan fingerprint density at radius 3 is 2.61 bits per heavy atom. The Labute approximate surface area is 147 Å². The van der Waals surface area contributed by atoms with Crippen LogP contribution in [0.2, 0.25) is 0 Å². The highest BCUT2D eigenvalue weighted by atomic mass is 35.5. The second kappa shape index (κ2) is 6.33. The maximum atomic E-state index is 12.3. The van der Waals surface area contributed by atoms with E-state index in [2.05, 4.69) is 19.6 Å². The van der Waals surface area contributed by atoms with Gasteiger partial charge in [0.05, 0.1) is 6.04 Å². The molecule has 2 aliphatic rings. The Morgan fingerprint density at radius 1 is 1.35 bits per heavy atom. The molecule has 1 aliphatic carbocycles. The molecular formula is C19H21Cl2NO. The molecule has 2 nitrogen and oxygen atoms in total. The summed E-state index contributed by atoms with van der Waals surface area (Å²) >= 11 is 12.7. The van der Waals surface area contributed by atoms with Crippen LogP contribution < -0.4 is 0 Å². The molecule has 1 heterocycles. The van der Waals surface area contributed by atoms with E-state index in [1.165, 1.54) is 11.1 Å². The van der Waals surface area contributed by atoms with Gasteiger partial charge in [-0.2, -0.15) is 0 Å². The predicted molar refractivity (Wildman–Crippen MR) is 95.5 cm³/mol. The van der Waals surface area contributed by atoms with Gasteiger partial charge in [-0.15, -0.1) is 0 Å². The maximum absolute atomic E-state index is 12.3. The number of amides is 1. The van der Waals surface area contributed by atoms with Crippen molar-refractivity contribution in [2.24, 2.45) is 5.92 Å². The normalized spacial score (nSPS) is 26.5. The molecule has 0 saturated carbocycles. The van der Waals surface area contributed by atoms with Gasteiger partial charge in [-0.25, -0.2) is 0 Å². The Balaban J connectivity index is 1.78. The van der Waals surface area contributed by atoms with E-state index < -0.39 is 4.33 Å². The number of nitrogens with zero attached hydrogens (tertiary/aromatic N) is 1. The fraction of sp³-hybridized carbons (Fsp3) is 0.421. The highest BCUT2D eigenvalue weighted by molar-refractivity contribution is 6.60. The molecule has 0 radical (unpaired) electrons. The monoisotopic (exact) mass is 349 g/mol. The molecule has 4 heteroatoms. The van der Waals surface area contributed by atoms with Gasteiger partial charge in [0.15, 0.2) is 0 Å². The van der Waals surface area contributed by atoms with E-state index in [0.717, 1.165) is 24.8 Å². The summed E-state index contributed by atoms with van der Waals surface area (Å²) < 4.78 is -1.32. The van der Waals surface area contributed by atoms with Crippen molar-refractivity contribution in [3.63, 3.8) is 0 Å². The topological polar surface area (TPSA) is 20.3 Å². The van der Waals surface area contributed by atoms with Crippen molar-refractivity contribution in [3.8, 4) is 0 Å². The lowest BCUT2D eigenvalue weighted by atomic mass is 9.79. The Bertz CT molecular complexity index is 651. The molecule has 2 atom stereocenters. The van der Waals surface area contributed by atoms with Gasteiger partial charge in [0.25, 0.3) is 5.91 Å². The van der Waals surface area contributed by atoms with Crippen LogP contribution in [0.15, 0.2) is 54.1 Å². The van der Waals surface area contributed by atoms with E-state index in [9.17, 15) is 4.79 Å². The van der Waals surface area contributed by atoms with Crippen LogP contribution in [0.3, 0.4) is 0 Å². The number of carbonyl (C=O) groups excluding carboxylic acids is 1. The van der Waals surface area contributed by atoms with Crippen molar-refractivity contribution in [1.29, 1.82) is 0 Å². The first kappa shape index (κ1) is 16.6. The zero-order chi connectivity index (χ0) is 16.6. The SMILES string of the molecule is C=C(C)C1CC=C(C2N(Cc3ccccc3)C(=O)C2(Cl)Cl)CC1. The molecule has 0 N–H and O–H groups in total. The van der Waals surface area contributed by atoms with Crippen molar-refractivity contribution in [2.45, 2.75) is 43.1 Å². The van der Waals surface area contributed by atoms with Crippen LogP contribution in [-0.4, -0.2) is 21.2 Å². The number of hydrogen-bond donors (Lipinski definition) is 0. The quantitative estimate of drug-likeness (QED) is 0.431. The third kappa shape index (κ3) is 3.07. The smallest absolute Gasteiger partial charge is 0.262 e. The van der Waals surface area contributed by atoms with E-state index in [-0.39, 0.29) is 11.9 Å². The second-order valence-corrected chi connectivity index (χ2v) is 7.93. The average Bonchev–Trinajstić information content (AvgIpc) is 2.55. The molecule has 2 unspecified atom stereocenters. The first-order valence-corrected chi connectivity index (χ1v) is 8.74. The predicted octanol–water partition coefficient (Wildman–Crippen LogP) is 4.87. The van der Waals surface area contributed by atoms with Crippen molar-refractivity contribution in [2.75, 3.05) is 0 Å². The van der Waals surface area contributed by atoms with Crippen LogP contribution in [0, 0.1) is 5.92 Å². The molecule has 1 aliphatic heterocycles. The number of β-lactam (4-membered cyclic amide) rings is 1. The van der Waals surface area contributed by atoms with Crippen LogP contribution >= 0.6 is 23.2 Å². The molecule has 122 valence electrons. The van der Waals surface area contributed by atoms with E-state index in [1.807, 2.05) is 30.3 Å². The van der Waals surface area contributed by atoms with Gasteiger partial charge in [0.2, 0.25) is 4.33 Å². The summed E-state index contributed by atoms with van der Waals surface area (Å²) in [6.45, 7) is 6.67. The fourth-order valence-corrected chi connectivity index (χ4v) is 4.21. The Morgan fingerprint density at radius 2 is 2.04 bits per heavy atom. The molecule has 3 rings (SSSR count). The summed E-state index contributed by atoms with van der Waals surface area (Å²) in [5.74, 6) is 0.328. The van der Waals surface area contributed by atoms with Gasteiger partial charge in [-0.3, -0.25) is 4.79 Å². The summed E-state index contributed by atoms with van der Waals surface area (Å²) in [5.41, 5.74) is 3.49. The summed E-state index contributed by atoms with van der Waals surface area (Å²) in [5, 5.41) is 0. The highest BCUT2D eigenvalue weighted by Crippen LogP contribution is 2.47. The lowest BCUT2D eigenvalue weighted by Gasteiger charge is -2.51. The molecule has 0 bridgehead atoms. The summed E-state index contributed by atoms with van der Waals surface area (Å²) in [6, 6.07) is 9.72. The molecule has 0 aromatic heterocycles. The van der Waals surface area contributed by atoms with E-state index in [1.54, 1.807) is 4.90 Å². The summed E-state index contributed by atoms with van der Waals surface area (Å²) in [6.07, 6.45) is 5.13. The van der Waals surface area contributed by atoms with Crippen LogP contribution in [-0.2, 0) is 11.3 Å². The molecule has 23 heavy (non-hydrogen) atoms. The minimum absolute atomic E-state index is 0.197. The number of hydrogen-bond acceptors (Lipinski definition) is 1. The maximum Gasteiger partial charge on any atom is 0.262 e. The van der Waals surface area contributed by atoms with Gasteiger partial charge >= 0.3 is 0 Å². The molecule has 1 fully saturated rings. The fourth-order valence-electron chi connectivity index (χ4n) is 3.48. The van der Waals surface area contributed by atoms with Gasteiger partial charge in [0, 0.05) is 6.54 Å². The first-order chi connectivity index (χ1) is 10.9. The van der Waals surface area contributed by atoms with Crippen LogP contribution in [0.5, 0.6) is 0 Å². The summed E-state index contributed by atoms with van der Waals surface area (Å²) in [7, 11) is 0. The third-order valence-electron chi connectivity index (χ3n) is 4.89. The number of benzene rings is 1. The van der Waals surface area contributed by atoms with E-state index >= 15 is 0 Å². The minimum atomic E-state index is -1.32. The number of halogens is 2. The first-order valence-electron chi connectivity index (χ1n) is 7.98. The van der Waals surface area contributed by atoms with Crippen LogP contribution in [0.1, 0.15) is 31.7 Å². The molecule has 1 aromatic rings. The van der Waals surface area contributed by atoms with Crippen molar-refractivity contribution in [3.05, 3.63) is 59.7 Å². The second-order valence-electron chi connectivity index (χ2n) is 6.54. The Hall–Kier alpha value is -1.25. The number of carbonyl (C=O) groups is 1. The van der Waals surface area contributed by atoms with Crippen molar-refractivity contribution in [1.82, 2.24) is 4.90 Å². The van der Waals surface area contributed by atoms with Gasteiger partial charge in [-0.05, 0) is 43.2 Å². The number of alkyl halides is 2.